The summed E-state index contributed by atoms with van der Waals surface area (Å²) in [6.07, 6.45) is 0.346. The van der Waals surface area contributed by atoms with Crippen LogP contribution >= 0.6 is 11.8 Å². The molecule has 0 bridgehead atoms. The molecule has 0 aromatic heterocycles. The first-order chi connectivity index (χ1) is 9.52. The van der Waals surface area contributed by atoms with Crippen molar-refractivity contribution in [3.8, 4) is 0 Å². The summed E-state index contributed by atoms with van der Waals surface area (Å²) >= 11 is 1.39. The zero-order valence-corrected chi connectivity index (χ0v) is 12.6. The van der Waals surface area contributed by atoms with Crippen molar-refractivity contribution < 1.29 is 14.3 Å². The lowest BCUT2D eigenvalue weighted by Crippen LogP contribution is -2.14. The second kappa shape index (κ2) is 8.47. The molecule has 1 aromatic rings. The summed E-state index contributed by atoms with van der Waals surface area (Å²) < 4.78 is 4.80. The number of carbonyl (C=O) groups is 2. The summed E-state index contributed by atoms with van der Waals surface area (Å²) in [5.41, 5.74) is 7.99. The maximum Gasteiger partial charge on any atom is 0.315 e. The number of anilines is 2. The molecule has 0 saturated carbocycles. The van der Waals surface area contributed by atoms with Crippen LogP contribution in [0.2, 0.25) is 0 Å². The Morgan fingerprint density at radius 2 is 2.15 bits per heavy atom. The number of thioether (sulfide) groups is 1. The normalized spacial score (nSPS) is 10.1. The molecule has 0 saturated heterocycles. The van der Waals surface area contributed by atoms with Gasteiger partial charge in [-0.15, -0.1) is 11.8 Å². The van der Waals surface area contributed by atoms with E-state index in [2.05, 4.69) is 5.32 Å². The molecule has 0 heterocycles. The van der Waals surface area contributed by atoms with Gasteiger partial charge in [-0.1, -0.05) is 6.07 Å². The van der Waals surface area contributed by atoms with Crippen LogP contribution in [0.5, 0.6) is 0 Å². The summed E-state index contributed by atoms with van der Waals surface area (Å²) in [7, 11) is 0. The summed E-state index contributed by atoms with van der Waals surface area (Å²) in [4.78, 5) is 22.9. The molecule has 110 valence electrons. The van der Waals surface area contributed by atoms with Gasteiger partial charge in [0.2, 0.25) is 5.91 Å². The minimum absolute atomic E-state index is 0.0879. The Kier molecular flexibility index (Phi) is 6.93. The number of benzene rings is 1. The molecule has 6 heteroatoms. The third-order valence-corrected chi connectivity index (χ3v) is 3.47. The van der Waals surface area contributed by atoms with Crippen LogP contribution in [0.1, 0.15) is 18.9 Å². The molecule has 0 atom stereocenters. The fourth-order valence-corrected chi connectivity index (χ4v) is 2.23. The van der Waals surface area contributed by atoms with E-state index >= 15 is 0 Å². The highest BCUT2D eigenvalue weighted by Crippen LogP contribution is 2.18. The predicted molar refractivity (Wildman–Crippen MR) is 82.8 cm³/mol. The molecule has 1 rings (SSSR count). The Hall–Kier alpha value is -1.69. The van der Waals surface area contributed by atoms with Crippen molar-refractivity contribution in [2.24, 2.45) is 0 Å². The van der Waals surface area contributed by atoms with Gasteiger partial charge in [-0.2, -0.15) is 0 Å². The third kappa shape index (κ3) is 5.97. The molecule has 20 heavy (non-hydrogen) atoms. The number of nitrogens with one attached hydrogen (secondary N) is 1. The van der Waals surface area contributed by atoms with Crippen LogP contribution in [0, 0.1) is 6.92 Å². The average Bonchev–Trinajstić information content (AvgIpc) is 2.39. The lowest BCUT2D eigenvalue weighted by Gasteiger charge is -2.09. The second-order valence-corrected chi connectivity index (χ2v) is 5.34. The quantitative estimate of drug-likeness (QED) is 0.458. The van der Waals surface area contributed by atoms with Crippen molar-refractivity contribution in [1.82, 2.24) is 0 Å². The van der Waals surface area contributed by atoms with Crippen LogP contribution in [0.4, 0.5) is 11.4 Å². The number of hydrogen-bond donors (Lipinski definition) is 2. The fraction of sp³-hybridized carbons (Fsp3) is 0.429. The van der Waals surface area contributed by atoms with Crippen molar-refractivity contribution in [2.75, 3.05) is 29.2 Å². The topological polar surface area (TPSA) is 81.4 Å². The zero-order valence-electron chi connectivity index (χ0n) is 11.8. The van der Waals surface area contributed by atoms with Crippen molar-refractivity contribution in [3.05, 3.63) is 23.8 Å². The van der Waals surface area contributed by atoms with E-state index in [9.17, 15) is 9.59 Å². The SMILES string of the molecule is CCOC(=O)CSCCC(=O)Nc1cc(N)ccc1C. The molecular weight excluding hydrogens is 276 g/mol. The Labute approximate surface area is 123 Å². The van der Waals surface area contributed by atoms with Gasteiger partial charge in [-0.3, -0.25) is 9.59 Å². The molecular formula is C14H20N2O3S. The standard InChI is InChI=1S/C14H20N2O3S/c1-3-19-14(18)9-20-7-6-13(17)16-12-8-11(15)5-4-10(12)2/h4-5,8H,3,6-7,9,15H2,1-2H3,(H,16,17). The van der Waals surface area contributed by atoms with Crippen LogP contribution in [0.15, 0.2) is 18.2 Å². The number of rotatable bonds is 7. The molecule has 0 unspecified atom stereocenters. The second-order valence-electron chi connectivity index (χ2n) is 4.23. The van der Waals surface area contributed by atoms with E-state index in [0.29, 0.717) is 24.5 Å². The lowest BCUT2D eigenvalue weighted by molar-refractivity contribution is -0.139. The maximum absolute atomic E-state index is 11.8. The van der Waals surface area contributed by atoms with Gasteiger partial charge in [0.15, 0.2) is 0 Å². The van der Waals surface area contributed by atoms with Gasteiger partial charge in [0.05, 0.1) is 12.4 Å². The number of aryl methyl sites for hydroxylation is 1. The minimum Gasteiger partial charge on any atom is -0.465 e. The van der Waals surface area contributed by atoms with Gasteiger partial charge >= 0.3 is 5.97 Å². The molecule has 1 aromatic carbocycles. The number of esters is 1. The molecule has 3 N–H and O–H groups in total. The van der Waals surface area contributed by atoms with Gasteiger partial charge in [0.25, 0.3) is 0 Å². The lowest BCUT2D eigenvalue weighted by atomic mass is 10.2. The molecule has 1 amide bonds. The Bertz CT molecular complexity index is 477. The summed E-state index contributed by atoms with van der Waals surface area (Å²) in [6.45, 7) is 4.06. The van der Waals surface area contributed by atoms with E-state index in [-0.39, 0.29) is 17.6 Å². The third-order valence-electron chi connectivity index (χ3n) is 2.53. The van der Waals surface area contributed by atoms with Crippen molar-refractivity contribution in [1.29, 1.82) is 0 Å². The highest BCUT2D eigenvalue weighted by Gasteiger charge is 2.07. The number of hydrogen-bond acceptors (Lipinski definition) is 5. The number of nitrogen functional groups attached to an aromatic ring is 1. The van der Waals surface area contributed by atoms with Crippen LogP contribution in [-0.2, 0) is 14.3 Å². The number of nitrogens with two attached hydrogens (primary N) is 1. The summed E-state index contributed by atoms with van der Waals surface area (Å²) in [5.74, 6) is 0.518. The van der Waals surface area contributed by atoms with E-state index in [1.807, 2.05) is 13.0 Å². The highest BCUT2D eigenvalue weighted by atomic mass is 32.2. The maximum atomic E-state index is 11.8. The summed E-state index contributed by atoms with van der Waals surface area (Å²) in [5, 5.41) is 2.82. The van der Waals surface area contributed by atoms with E-state index in [1.165, 1.54) is 11.8 Å². The van der Waals surface area contributed by atoms with Gasteiger partial charge < -0.3 is 15.8 Å². The average molecular weight is 296 g/mol. The minimum atomic E-state index is -0.246. The molecule has 0 aliphatic carbocycles. The monoisotopic (exact) mass is 296 g/mol. The predicted octanol–water partition coefficient (Wildman–Crippen LogP) is 2.20. The molecule has 0 aliphatic rings. The molecule has 0 aliphatic heterocycles. The van der Waals surface area contributed by atoms with Crippen LogP contribution in [0.3, 0.4) is 0 Å². The smallest absolute Gasteiger partial charge is 0.315 e. The van der Waals surface area contributed by atoms with E-state index in [4.69, 9.17) is 10.5 Å². The Morgan fingerprint density at radius 3 is 2.85 bits per heavy atom. The van der Waals surface area contributed by atoms with E-state index < -0.39 is 0 Å². The Balaban J connectivity index is 2.30. The van der Waals surface area contributed by atoms with Crippen LogP contribution in [0.25, 0.3) is 0 Å². The van der Waals surface area contributed by atoms with Crippen LogP contribution < -0.4 is 11.1 Å². The van der Waals surface area contributed by atoms with Gasteiger partial charge in [0.1, 0.15) is 0 Å². The van der Waals surface area contributed by atoms with Crippen LogP contribution in [-0.4, -0.2) is 30.0 Å². The molecule has 0 radical (unpaired) electrons. The van der Waals surface area contributed by atoms with Crippen molar-refractivity contribution >= 4 is 35.0 Å². The first-order valence-electron chi connectivity index (χ1n) is 6.42. The van der Waals surface area contributed by atoms with Gasteiger partial charge in [-0.25, -0.2) is 0 Å². The zero-order chi connectivity index (χ0) is 15.0. The number of amides is 1. The first-order valence-corrected chi connectivity index (χ1v) is 7.57. The number of carbonyl (C=O) groups excluding carboxylic acids is 2. The highest BCUT2D eigenvalue weighted by molar-refractivity contribution is 7.99. The van der Waals surface area contributed by atoms with E-state index in [1.54, 1.807) is 19.1 Å². The fourth-order valence-electron chi connectivity index (χ4n) is 1.51. The van der Waals surface area contributed by atoms with E-state index in [0.717, 1.165) is 11.3 Å². The largest absolute Gasteiger partial charge is 0.465 e. The van der Waals surface area contributed by atoms with Gasteiger partial charge in [0, 0.05) is 23.5 Å². The summed E-state index contributed by atoms with van der Waals surface area (Å²) in [6, 6.07) is 5.39. The molecule has 5 nitrogen and oxygen atoms in total. The van der Waals surface area contributed by atoms with Crippen molar-refractivity contribution in [3.63, 3.8) is 0 Å². The Morgan fingerprint density at radius 1 is 1.40 bits per heavy atom. The molecule has 0 fully saturated rings. The van der Waals surface area contributed by atoms with Crippen molar-refractivity contribution in [2.45, 2.75) is 20.3 Å². The van der Waals surface area contributed by atoms with Gasteiger partial charge in [-0.05, 0) is 31.5 Å². The molecule has 0 spiro atoms. The number of ether oxygens (including phenoxy) is 1. The first kappa shape index (κ1) is 16.4.